The van der Waals surface area contributed by atoms with Gasteiger partial charge >= 0.3 is 29.8 Å². The number of Topliss-reactive ketones (excluding diaryl/α,β-unsaturated/α-hetero) is 5. The van der Waals surface area contributed by atoms with Gasteiger partial charge in [0.2, 0.25) is 9.47 Å². The Morgan fingerprint density at radius 3 is 0.933 bits per heavy atom. The maximum absolute atomic E-state index is 12.8. The van der Waals surface area contributed by atoms with Crippen molar-refractivity contribution in [2.75, 3.05) is 0 Å². The minimum atomic E-state index is -0.976. The van der Waals surface area contributed by atoms with Crippen LogP contribution in [0.5, 0.6) is 0 Å². The van der Waals surface area contributed by atoms with Crippen molar-refractivity contribution in [3.05, 3.63) is 237 Å². The molecular formula is C112H125Br2N15O15S5. The van der Waals surface area contributed by atoms with Crippen molar-refractivity contribution in [3.8, 4) is 28.4 Å². The molecule has 5 atom stereocenters. The van der Waals surface area contributed by atoms with Gasteiger partial charge in [0.25, 0.3) is 0 Å². The first kappa shape index (κ1) is 115. The SMILES string of the molecule is CC(CC(=O)C(C)(C)Sc1nnc(Br)n1-c1ccc(C2CC2)c2ccccc12)C(=O)O.CC(CC(=O)C(C)(C)Sc1nnc(Br)n1-c1cccc2ccccc12)C(=O)O.CCc1ccc(-n2c(C)nnc2SC(C)(C)C(=O)CC(C)C(=O)O)c2ccccc12.Cc1ccc(-n2c(C)nnc2SC(C)(C)C(=O)CC(C)C(=O)O)c2ccccc12.Cc1nnc(SC(C)(C)C(=O)CC(C)C(=O)O)n1-c1ccc(C(C)C)c2ccccc12. The molecule has 0 bridgehead atoms. The lowest BCUT2D eigenvalue weighted by Crippen LogP contribution is -2.31. The standard InChI is InChI=1S/C24H29N3O3S.C23H24BrN3O3S.C23H27N3O3S.C22H25N3O3S.C20H20BrN3O3S/c1-14(2)17-11-12-20(19-10-8-7-9-18(17)19)27-16(4)25-26-23(27)31-24(5,6)21(28)13-15(3)22(29)30;1-13(20(29)30)12-19(28)23(2,3)31-22-26-25-21(24)27(22)18-11-10-15(14-8-9-14)16-6-4-5-7-17(16)18;1-6-16-11-12-19(18-10-8-7-9-17(16)18)26-15(3)24-25-22(26)30-23(4,5)20(27)13-14(2)21(28)29;1-13-10-11-18(17-9-7-6-8-16(13)17)25-15(3)23-24-21(25)29-22(4,5)19(26)12-14(2)20(27)28;1-12(17(26)27)11-16(25)20(2,3)28-19-23-22-18(21)24(19)15-10-6-8-13-7-4-5-9-14(13)15/h7-12,14-15H,13H2,1-6H3,(H,29,30);4-7,10-11,13-14H,8-9,12H2,1-3H3,(H,29,30);7-12,14H,6,13H2,1-5H3,(H,28,29);6-11,14H,12H2,1-5H3,(H,27,28);4-10,12H,11H2,1-3H3,(H,26,27). The highest BCUT2D eigenvalue weighted by Gasteiger charge is 2.41. The number of benzene rings is 10. The van der Waals surface area contributed by atoms with Crippen LogP contribution in [-0.4, -0.2) is 182 Å². The predicted molar refractivity (Wildman–Crippen MR) is 596 cm³/mol. The number of nitrogens with zero attached hydrogens (tertiary/aromatic N) is 15. The van der Waals surface area contributed by atoms with Crippen molar-refractivity contribution in [1.82, 2.24) is 73.8 Å². The highest BCUT2D eigenvalue weighted by atomic mass is 79.9. The van der Waals surface area contributed by atoms with Gasteiger partial charge in [-0.25, -0.2) is 0 Å². The zero-order valence-electron chi connectivity index (χ0n) is 87.4. The Morgan fingerprint density at radius 2 is 0.577 bits per heavy atom. The number of aromatic nitrogens is 15. The average molecular weight is 2240 g/mol. The number of aryl methyl sites for hydroxylation is 5. The molecule has 5 N–H and O–H groups in total. The fourth-order valence-corrected chi connectivity index (χ4v) is 23.0. The molecule has 5 heterocycles. The molecule has 0 saturated heterocycles. The molecule has 1 saturated carbocycles. The van der Waals surface area contributed by atoms with Gasteiger partial charge in [0, 0.05) is 59.0 Å². The fraction of sp³-hybridized carbons (Fsp3) is 0.375. The molecule has 15 aromatic rings. The molecule has 37 heteroatoms. The number of halogens is 2. The maximum Gasteiger partial charge on any atom is 0.306 e. The van der Waals surface area contributed by atoms with Crippen molar-refractivity contribution < 1.29 is 73.5 Å². The van der Waals surface area contributed by atoms with Crippen molar-refractivity contribution in [2.45, 2.75) is 265 Å². The fourth-order valence-electron chi connectivity index (χ4n) is 16.7. The van der Waals surface area contributed by atoms with Gasteiger partial charge in [0.15, 0.2) is 25.8 Å². The minimum absolute atomic E-state index is 0.0173. The van der Waals surface area contributed by atoms with Crippen LogP contribution in [0.1, 0.15) is 221 Å². The first-order valence-corrected chi connectivity index (χ1v) is 54.6. The smallest absolute Gasteiger partial charge is 0.306 e. The number of carbonyl (C=O) groups is 10. The Morgan fingerprint density at radius 1 is 0.309 bits per heavy atom. The molecule has 1 aliphatic carbocycles. The number of carboxylic acids is 5. The highest BCUT2D eigenvalue weighted by molar-refractivity contribution is 9.10. The Labute approximate surface area is 903 Å². The number of carboxylic acid groups (broad SMARTS) is 5. The van der Waals surface area contributed by atoms with E-state index in [1.54, 1.807) is 83.1 Å². The summed E-state index contributed by atoms with van der Waals surface area (Å²) in [5, 5.41) is 103. The molecule has 16 rings (SSSR count). The second kappa shape index (κ2) is 48.7. The molecule has 30 nitrogen and oxygen atoms in total. The predicted octanol–water partition coefficient (Wildman–Crippen LogP) is 25.2. The summed E-state index contributed by atoms with van der Waals surface area (Å²) in [7, 11) is 0. The van der Waals surface area contributed by atoms with E-state index in [1.807, 2.05) is 148 Å². The van der Waals surface area contributed by atoms with Crippen LogP contribution in [0.2, 0.25) is 0 Å². The highest BCUT2D eigenvalue weighted by Crippen LogP contribution is 2.48. The summed E-state index contributed by atoms with van der Waals surface area (Å²) < 4.78 is 6.58. The Bertz CT molecular complexity index is 7410. The number of carbonyl (C=O) groups excluding carboxylic acids is 5. The molecule has 0 amide bonds. The normalized spacial score (nSPS) is 13.4. The lowest BCUT2D eigenvalue weighted by molar-refractivity contribution is -0.143. The number of hydrogen-bond acceptors (Lipinski definition) is 25. The lowest BCUT2D eigenvalue weighted by atomic mass is 9.95. The molecule has 1 fully saturated rings. The van der Waals surface area contributed by atoms with Gasteiger partial charge in [0.1, 0.15) is 46.4 Å². The third-order valence-corrected chi connectivity index (χ3v) is 33.2. The molecule has 0 aliphatic heterocycles. The van der Waals surface area contributed by atoms with E-state index in [4.69, 9.17) is 25.5 Å². The second-order valence-electron chi connectivity index (χ2n) is 40.1. The van der Waals surface area contributed by atoms with Crippen molar-refractivity contribution in [1.29, 1.82) is 0 Å². The van der Waals surface area contributed by atoms with Crippen LogP contribution in [-0.2, 0) is 54.4 Å². The number of hydrogen-bond donors (Lipinski definition) is 5. The van der Waals surface area contributed by atoms with E-state index in [2.05, 4.69) is 208 Å². The van der Waals surface area contributed by atoms with Crippen LogP contribution in [0.4, 0.5) is 0 Å². The zero-order valence-corrected chi connectivity index (χ0v) is 94.7. The number of ketones is 5. The molecule has 1 aliphatic rings. The van der Waals surface area contributed by atoms with Crippen LogP contribution >= 0.6 is 90.7 Å². The van der Waals surface area contributed by atoms with Gasteiger partial charge in [-0.05, 0) is 239 Å². The summed E-state index contributed by atoms with van der Waals surface area (Å²) in [5.41, 5.74) is 9.84. The summed E-state index contributed by atoms with van der Waals surface area (Å²) in [5.74, 6) is -5.91. The van der Waals surface area contributed by atoms with Crippen LogP contribution in [0.3, 0.4) is 0 Å². The maximum atomic E-state index is 12.8. The van der Waals surface area contributed by atoms with Gasteiger partial charge in [-0.15, -0.1) is 51.0 Å². The van der Waals surface area contributed by atoms with Crippen LogP contribution in [0.25, 0.3) is 82.3 Å². The first-order chi connectivity index (χ1) is 70.2. The number of rotatable bonds is 38. The summed E-state index contributed by atoms with van der Waals surface area (Å²) in [6.45, 7) is 40.0. The average Bonchev–Trinajstić information content (AvgIpc) is 1.69. The van der Waals surface area contributed by atoms with E-state index < -0.39 is 83.2 Å². The molecule has 5 aromatic heterocycles. The molecule has 149 heavy (non-hydrogen) atoms. The largest absolute Gasteiger partial charge is 0.481 e. The Kier molecular flexibility index (Phi) is 37.7. The van der Waals surface area contributed by atoms with Gasteiger partial charge in [0.05, 0.1) is 81.8 Å². The van der Waals surface area contributed by atoms with Crippen LogP contribution < -0.4 is 0 Å². The van der Waals surface area contributed by atoms with Crippen molar-refractivity contribution >= 4 is 203 Å². The lowest BCUT2D eigenvalue weighted by Gasteiger charge is -2.23. The molecular weight excluding hydrogens is 2120 g/mol. The first-order valence-electron chi connectivity index (χ1n) is 48.9. The number of aliphatic carboxylic acids is 5. The topological polar surface area (TPSA) is 425 Å². The molecule has 0 spiro atoms. The number of thioether (sulfide) groups is 5. The van der Waals surface area contributed by atoms with E-state index in [0.29, 0.717) is 47.1 Å². The summed E-state index contributed by atoms with van der Waals surface area (Å²) in [6.07, 6.45) is 3.29. The van der Waals surface area contributed by atoms with Gasteiger partial charge < -0.3 is 25.5 Å². The Hall–Kier alpha value is -12.4. The zero-order chi connectivity index (χ0) is 109. The second-order valence-corrected chi connectivity index (χ2v) is 49.5. The molecule has 10 aromatic carbocycles. The Balaban J connectivity index is 0.000000165. The summed E-state index contributed by atoms with van der Waals surface area (Å²) in [4.78, 5) is 120. The van der Waals surface area contributed by atoms with Gasteiger partial charge in [-0.2, -0.15) is 0 Å². The number of fused-ring (bicyclic) bond motifs is 5. The third-order valence-electron chi connectivity index (χ3n) is 26.2. The van der Waals surface area contributed by atoms with E-state index in [9.17, 15) is 47.9 Å². The quantitative estimate of drug-likeness (QED) is 0.0224. The monoisotopic (exact) mass is 2240 g/mol. The van der Waals surface area contributed by atoms with E-state index in [1.165, 1.54) is 117 Å². The van der Waals surface area contributed by atoms with E-state index in [-0.39, 0.29) is 61.0 Å². The van der Waals surface area contributed by atoms with Gasteiger partial charge in [-0.1, -0.05) is 272 Å². The molecule has 782 valence electrons. The summed E-state index contributed by atoms with van der Waals surface area (Å²) in [6, 6.07) is 63.8. The van der Waals surface area contributed by atoms with E-state index in [0.717, 1.165) is 90.0 Å². The van der Waals surface area contributed by atoms with Crippen molar-refractivity contribution in [2.24, 2.45) is 29.6 Å². The minimum Gasteiger partial charge on any atom is -0.481 e. The summed E-state index contributed by atoms with van der Waals surface area (Å²) >= 11 is 13.5. The molecule has 0 radical (unpaired) electrons. The third kappa shape index (κ3) is 27.3. The van der Waals surface area contributed by atoms with Crippen LogP contribution in [0.15, 0.2) is 223 Å². The van der Waals surface area contributed by atoms with Crippen LogP contribution in [0, 0.1) is 57.3 Å². The van der Waals surface area contributed by atoms with E-state index >= 15 is 0 Å². The molecule has 5 unspecified atom stereocenters. The van der Waals surface area contributed by atoms with Gasteiger partial charge in [-0.3, -0.25) is 70.8 Å². The van der Waals surface area contributed by atoms with Crippen molar-refractivity contribution in [3.63, 3.8) is 0 Å².